The van der Waals surface area contributed by atoms with Crippen LogP contribution in [0.2, 0.25) is 0 Å². The Morgan fingerprint density at radius 1 is 0.882 bits per heavy atom. The van der Waals surface area contributed by atoms with Gasteiger partial charge < -0.3 is 25.2 Å². The normalized spacial score (nSPS) is 14.5. The maximum Gasteiger partial charge on any atom is 0.262 e. The first-order valence-corrected chi connectivity index (χ1v) is 19.0. The van der Waals surface area contributed by atoms with E-state index in [0.717, 1.165) is 45.9 Å². The first-order valence-electron chi connectivity index (χ1n) is 18.2. The Bertz CT molecular complexity index is 1690. The Balaban J connectivity index is 1.23. The Labute approximate surface area is 306 Å². The van der Waals surface area contributed by atoms with Crippen LogP contribution in [-0.4, -0.2) is 68.9 Å². The zero-order valence-electron chi connectivity index (χ0n) is 30.3. The second kappa shape index (κ2) is 17.9. The maximum absolute atomic E-state index is 13.8. The molecular weight excluding hydrogens is 661 g/mol. The van der Waals surface area contributed by atoms with Crippen molar-refractivity contribution in [3.63, 3.8) is 0 Å². The number of rotatable bonds is 15. The minimum Gasteiger partial charge on any atom is -0.494 e. The van der Waals surface area contributed by atoms with Gasteiger partial charge in [0, 0.05) is 53.8 Å². The third-order valence-corrected chi connectivity index (χ3v) is 11.0. The fourth-order valence-corrected chi connectivity index (χ4v) is 7.19. The number of aliphatic hydroxyl groups is 2. The zero-order chi connectivity index (χ0) is 36.4. The Morgan fingerprint density at radius 3 is 2.14 bits per heavy atom. The molecule has 0 saturated carbocycles. The summed E-state index contributed by atoms with van der Waals surface area (Å²) in [5.74, 6) is 0.743. The number of piperidine rings is 1. The first-order chi connectivity index (χ1) is 24.5. The largest absolute Gasteiger partial charge is 0.494 e. The number of ether oxygens (including phenoxy) is 1. The van der Waals surface area contributed by atoms with Crippen LogP contribution in [0.4, 0.5) is 0 Å². The lowest BCUT2D eigenvalue weighted by Crippen LogP contribution is -2.52. The number of hydrogen-bond donors (Lipinski definition) is 3. The summed E-state index contributed by atoms with van der Waals surface area (Å²) in [6, 6.07) is 18.8. The van der Waals surface area contributed by atoms with E-state index in [4.69, 9.17) is 4.74 Å². The first kappa shape index (κ1) is 38.1. The van der Waals surface area contributed by atoms with E-state index in [1.165, 1.54) is 37.0 Å². The van der Waals surface area contributed by atoms with Crippen LogP contribution in [0.25, 0.3) is 22.5 Å². The van der Waals surface area contributed by atoms with Crippen molar-refractivity contribution in [3.05, 3.63) is 88.4 Å². The summed E-state index contributed by atoms with van der Waals surface area (Å²) in [7, 11) is 0. The number of likely N-dealkylation sites (tertiary alicyclic amines) is 1. The molecule has 2 amide bonds. The number of aliphatic hydroxyl groups excluding tert-OH is 1. The van der Waals surface area contributed by atoms with E-state index in [1.54, 1.807) is 4.90 Å². The summed E-state index contributed by atoms with van der Waals surface area (Å²) in [6.45, 7) is 10.1. The van der Waals surface area contributed by atoms with Gasteiger partial charge in [-0.2, -0.15) is 0 Å². The minimum atomic E-state index is -1.39. The highest BCUT2D eigenvalue weighted by molar-refractivity contribution is 7.14. The van der Waals surface area contributed by atoms with Gasteiger partial charge in [0.1, 0.15) is 11.8 Å². The molecular formula is C41H52N4O5S. The number of unbranched alkanes of at least 4 members (excludes halogenated alkanes) is 4. The van der Waals surface area contributed by atoms with Crippen molar-refractivity contribution in [2.75, 3.05) is 19.7 Å². The molecule has 9 nitrogen and oxygen atoms in total. The van der Waals surface area contributed by atoms with Crippen molar-refractivity contribution < 1.29 is 24.5 Å². The highest BCUT2D eigenvalue weighted by atomic mass is 32.1. The molecule has 51 heavy (non-hydrogen) atoms. The predicted molar refractivity (Wildman–Crippen MR) is 203 cm³/mol. The van der Waals surface area contributed by atoms with Crippen molar-refractivity contribution >= 4 is 23.2 Å². The Hall–Kier alpha value is -4.12. The average Bonchev–Trinajstić information content (AvgIpc) is 3.65. The second-order valence-corrected chi connectivity index (χ2v) is 15.6. The summed E-state index contributed by atoms with van der Waals surface area (Å²) in [6.07, 6.45) is 9.59. The van der Waals surface area contributed by atoms with Crippen LogP contribution in [0.5, 0.6) is 5.75 Å². The van der Waals surface area contributed by atoms with Crippen molar-refractivity contribution in [1.82, 2.24) is 20.2 Å². The van der Waals surface area contributed by atoms with E-state index in [0.29, 0.717) is 43.1 Å². The molecule has 2 aromatic heterocycles. The molecule has 5 rings (SSSR count). The molecule has 1 saturated heterocycles. The van der Waals surface area contributed by atoms with Crippen molar-refractivity contribution in [2.24, 2.45) is 5.92 Å². The van der Waals surface area contributed by atoms with Gasteiger partial charge in [0.2, 0.25) is 5.91 Å². The van der Waals surface area contributed by atoms with Crippen molar-refractivity contribution in [2.45, 2.75) is 96.8 Å². The molecule has 3 heterocycles. The zero-order valence-corrected chi connectivity index (χ0v) is 31.1. The molecule has 1 fully saturated rings. The van der Waals surface area contributed by atoms with Crippen LogP contribution in [0, 0.1) is 5.92 Å². The predicted octanol–water partition coefficient (Wildman–Crippen LogP) is 7.41. The van der Waals surface area contributed by atoms with Gasteiger partial charge >= 0.3 is 0 Å². The van der Waals surface area contributed by atoms with E-state index in [1.807, 2.05) is 73.1 Å². The summed E-state index contributed by atoms with van der Waals surface area (Å²) in [4.78, 5) is 39.9. The number of aromatic nitrogens is 2. The summed E-state index contributed by atoms with van der Waals surface area (Å²) in [5, 5.41) is 22.3. The minimum absolute atomic E-state index is 0.0838. The molecule has 1 atom stereocenters. The molecule has 272 valence electrons. The van der Waals surface area contributed by atoms with E-state index in [-0.39, 0.29) is 23.1 Å². The lowest BCUT2D eigenvalue weighted by Gasteiger charge is -2.35. The van der Waals surface area contributed by atoms with Crippen molar-refractivity contribution in [3.8, 4) is 28.3 Å². The van der Waals surface area contributed by atoms with Gasteiger partial charge in [-0.3, -0.25) is 9.59 Å². The van der Waals surface area contributed by atoms with Gasteiger partial charge in [-0.25, -0.2) is 9.97 Å². The van der Waals surface area contributed by atoms with E-state index in [9.17, 15) is 19.8 Å². The van der Waals surface area contributed by atoms with Gasteiger partial charge in [-0.15, -0.1) is 11.3 Å². The lowest BCUT2D eigenvalue weighted by molar-refractivity contribution is -0.139. The molecule has 0 bridgehead atoms. The topological polar surface area (TPSA) is 125 Å². The number of benzene rings is 2. The third-order valence-electron chi connectivity index (χ3n) is 9.45. The number of hydrogen-bond acceptors (Lipinski definition) is 8. The van der Waals surface area contributed by atoms with E-state index in [2.05, 4.69) is 43.0 Å². The molecule has 1 aliphatic rings. The van der Waals surface area contributed by atoms with Crippen LogP contribution >= 0.6 is 11.3 Å². The van der Waals surface area contributed by atoms with Gasteiger partial charge in [0.15, 0.2) is 12.1 Å². The molecule has 0 spiro atoms. The van der Waals surface area contributed by atoms with E-state index < -0.39 is 12.3 Å². The van der Waals surface area contributed by atoms with Gasteiger partial charge in [0.05, 0.1) is 11.5 Å². The number of carbonyl (C=O) groups is 2. The molecule has 0 aliphatic carbocycles. The standard InChI is InChI=1S/C41H52N4O5S/c1-5-6-7-8-9-24-50-33-16-14-29(15-17-33)32-26-42-37(43-27-32)30-12-10-28(11-13-30)25-34(39(47)45-22-20-31(21-23-45)40(48)49)44-38(46)35-18-19-36(51-35)41(2,3)4/h10-19,26-27,31,34,40,48-49H,5-9,20-25H2,1-4H3,(H,44,46)/t34-/m0/s1. The second-order valence-electron chi connectivity index (χ2n) is 14.5. The van der Waals surface area contributed by atoms with Gasteiger partial charge in [0.25, 0.3) is 5.91 Å². The smallest absolute Gasteiger partial charge is 0.262 e. The molecule has 2 aromatic carbocycles. The Kier molecular flexibility index (Phi) is 13.4. The SMILES string of the molecule is CCCCCCCOc1ccc(-c2cnc(-c3ccc(C[C@H](NC(=O)c4ccc(C(C)(C)C)s4)C(=O)N4CCC(C(O)O)CC4)cc3)nc2)cc1. The van der Waals surface area contributed by atoms with Crippen molar-refractivity contribution in [1.29, 1.82) is 0 Å². The highest BCUT2D eigenvalue weighted by Gasteiger charge is 2.32. The fourth-order valence-electron chi connectivity index (χ4n) is 6.22. The van der Waals surface area contributed by atoms with Crippen LogP contribution in [0.3, 0.4) is 0 Å². The molecule has 1 aliphatic heterocycles. The van der Waals surface area contributed by atoms with Crippen LogP contribution in [0.1, 0.15) is 92.8 Å². The quantitative estimate of drug-likeness (QED) is 0.0866. The third kappa shape index (κ3) is 10.7. The molecule has 4 aromatic rings. The Morgan fingerprint density at radius 2 is 1.53 bits per heavy atom. The molecule has 0 radical (unpaired) electrons. The summed E-state index contributed by atoms with van der Waals surface area (Å²) < 4.78 is 5.90. The van der Waals surface area contributed by atoms with Crippen LogP contribution in [-0.2, 0) is 16.6 Å². The number of thiophene rings is 1. The molecule has 0 unspecified atom stereocenters. The molecule has 3 N–H and O–H groups in total. The monoisotopic (exact) mass is 712 g/mol. The number of nitrogens with one attached hydrogen (secondary N) is 1. The average molecular weight is 713 g/mol. The number of nitrogens with zero attached hydrogens (tertiary/aromatic N) is 3. The van der Waals surface area contributed by atoms with Crippen LogP contribution < -0.4 is 10.1 Å². The highest BCUT2D eigenvalue weighted by Crippen LogP contribution is 2.30. The van der Waals surface area contributed by atoms with Gasteiger partial charge in [-0.05, 0) is 60.1 Å². The fraction of sp³-hybridized carbons (Fsp3) is 0.463. The van der Waals surface area contributed by atoms with Crippen LogP contribution in [0.15, 0.2) is 73.1 Å². The summed E-state index contributed by atoms with van der Waals surface area (Å²) >= 11 is 1.44. The lowest BCUT2D eigenvalue weighted by atomic mass is 9.95. The van der Waals surface area contributed by atoms with E-state index >= 15 is 0 Å². The van der Waals surface area contributed by atoms with Gasteiger partial charge in [-0.1, -0.05) is 89.8 Å². The molecule has 10 heteroatoms. The maximum atomic E-state index is 13.8. The summed E-state index contributed by atoms with van der Waals surface area (Å²) in [5.41, 5.74) is 3.58. The number of carbonyl (C=O) groups excluding carboxylic acids is 2. The number of amides is 2.